The molecule has 1 aliphatic heterocycles. The smallest absolute Gasteiger partial charge is 0.161 e. The fourth-order valence-electron chi connectivity index (χ4n) is 3.34. The Bertz CT molecular complexity index is 745. The van der Waals surface area contributed by atoms with Crippen molar-refractivity contribution in [1.29, 1.82) is 0 Å². The first-order valence-electron chi connectivity index (χ1n) is 8.06. The summed E-state index contributed by atoms with van der Waals surface area (Å²) in [7, 11) is 2.99. The minimum atomic E-state index is -0.918. The van der Waals surface area contributed by atoms with Gasteiger partial charge in [0.25, 0.3) is 0 Å². The largest absolute Gasteiger partial charge is 0.504 e. The first-order valence-corrected chi connectivity index (χ1v) is 8.06. The van der Waals surface area contributed by atoms with Crippen LogP contribution in [0.3, 0.4) is 0 Å². The van der Waals surface area contributed by atoms with Gasteiger partial charge in [-0.05, 0) is 47.7 Å². The van der Waals surface area contributed by atoms with Crippen LogP contribution in [0, 0.1) is 5.92 Å². The number of aromatic hydroxyl groups is 2. The van der Waals surface area contributed by atoms with Gasteiger partial charge in [-0.3, -0.25) is 0 Å². The molecule has 2 aromatic carbocycles. The highest BCUT2D eigenvalue weighted by molar-refractivity contribution is 5.44. The lowest BCUT2D eigenvalue weighted by molar-refractivity contribution is -0.0678. The maximum atomic E-state index is 10.3. The van der Waals surface area contributed by atoms with E-state index in [4.69, 9.17) is 14.2 Å². The summed E-state index contributed by atoms with van der Waals surface area (Å²) < 4.78 is 15.8. The topological polar surface area (TPSA) is 88.4 Å². The summed E-state index contributed by atoms with van der Waals surface area (Å²) in [5.74, 6) is 0.725. The number of phenolic OH excluding ortho intramolecular Hbond substituents is 2. The van der Waals surface area contributed by atoms with Crippen LogP contribution in [0.15, 0.2) is 36.4 Å². The molecule has 1 saturated heterocycles. The number of benzene rings is 2. The van der Waals surface area contributed by atoms with Crippen LogP contribution < -0.4 is 9.47 Å². The lowest BCUT2D eigenvalue weighted by Crippen LogP contribution is -2.19. The number of phenols is 2. The van der Waals surface area contributed by atoms with Gasteiger partial charge >= 0.3 is 0 Å². The molecule has 0 bridgehead atoms. The molecule has 2 aromatic rings. The van der Waals surface area contributed by atoms with Gasteiger partial charge in [0.15, 0.2) is 29.3 Å². The molecule has 6 nitrogen and oxygen atoms in total. The van der Waals surface area contributed by atoms with Crippen molar-refractivity contribution in [3.05, 3.63) is 47.5 Å². The van der Waals surface area contributed by atoms with Crippen molar-refractivity contribution in [2.24, 2.45) is 5.92 Å². The minimum Gasteiger partial charge on any atom is -0.504 e. The summed E-state index contributed by atoms with van der Waals surface area (Å²) in [5.41, 5.74) is 1.82. The Morgan fingerprint density at radius 3 is 2.32 bits per heavy atom. The van der Waals surface area contributed by atoms with Crippen molar-refractivity contribution in [3.8, 4) is 23.0 Å². The van der Waals surface area contributed by atoms with E-state index in [2.05, 4.69) is 0 Å². The van der Waals surface area contributed by atoms with E-state index < -0.39 is 6.29 Å². The average Bonchev–Trinajstić information content (AvgIpc) is 2.97. The lowest BCUT2D eigenvalue weighted by atomic mass is 9.83. The van der Waals surface area contributed by atoms with Crippen LogP contribution in [0.1, 0.15) is 17.0 Å². The molecule has 3 N–H and O–H groups in total. The first kappa shape index (κ1) is 17.4. The van der Waals surface area contributed by atoms with Gasteiger partial charge in [-0.15, -0.1) is 0 Å². The Kier molecular flexibility index (Phi) is 5.01. The third kappa shape index (κ3) is 3.50. The van der Waals surface area contributed by atoms with E-state index in [9.17, 15) is 15.3 Å². The molecular weight excluding hydrogens is 324 g/mol. The maximum absolute atomic E-state index is 10.3. The van der Waals surface area contributed by atoms with Crippen LogP contribution in [-0.2, 0) is 11.2 Å². The number of aliphatic hydroxyl groups is 1. The summed E-state index contributed by atoms with van der Waals surface area (Å²) >= 11 is 0. The van der Waals surface area contributed by atoms with Gasteiger partial charge in [-0.25, -0.2) is 0 Å². The molecule has 0 aromatic heterocycles. The van der Waals surface area contributed by atoms with Crippen molar-refractivity contribution in [3.63, 3.8) is 0 Å². The number of rotatable bonds is 5. The van der Waals surface area contributed by atoms with Gasteiger partial charge in [-0.1, -0.05) is 12.1 Å². The van der Waals surface area contributed by atoms with Crippen molar-refractivity contribution in [1.82, 2.24) is 0 Å². The Balaban J connectivity index is 1.86. The average molecular weight is 346 g/mol. The molecule has 1 heterocycles. The Morgan fingerprint density at radius 2 is 1.64 bits per heavy atom. The number of hydrogen-bond donors (Lipinski definition) is 3. The van der Waals surface area contributed by atoms with Gasteiger partial charge in [-0.2, -0.15) is 0 Å². The van der Waals surface area contributed by atoms with Gasteiger partial charge in [0.2, 0.25) is 0 Å². The zero-order valence-electron chi connectivity index (χ0n) is 14.2. The second-order valence-electron chi connectivity index (χ2n) is 6.15. The van der Waals surface area contributed by atoms with Gasteiger partial charge in [0.05, 0.1) is 20.8 Å². The molecule has 0 amide bonds. The highest BCUT2D eigenvalue weighted by Crippen LogP contribution is 2.40. The van der Waals surface area contributed by atoms with E-state index in [1.807, 2.05) is 6.07 Å². The van der Waals surface area contributed by atoms with Crippen LogP contribution in [0.25, 0.3) is 0 Å². The van der Waals surface area contributed by atoms with Crippen LogP contribution >= 0.6 is 0 Å². The molecule has 1 aliphatic rings. The highest BCUT2D eigenvalue weighted by atomic mass is 16.6. The third-order valence-electron chi connectivity index (χ3n) is 4.63. The number of aliphatic hydroxyl groups excluding tert-OH is 1. The second kappa shape index (κ2) is 7.21. The quantitative estimate of drug-likeness (QED) is 0.770. The monoisotopic (exact) mass is 346 g/mol. The molecule has 134 valence electrons. The summed E-state index contributed by atoms with van der Waals surface area (Å²) in [4.78, 5) is 0. The summed E-state index contributed by atoms with van der Waals surface area (Å²) in [6.45, 7) is 0.415. The zero-order valence-corrected chi connectivity index (χ0v) is 14.2. The van der Waals surface area contributed by atoms with Crippen LogP contribution in [0.5, 0.6) is 23.0 Å². The standard InChI is InChI=1S/C19H22O6/c1-23-16-8-11(3-5-14(16)20)7-13-10-25-19(22)18(13)12-4-6-15(21)17(9-12)24-2/h3-6,8-9,13,18-22H,7,10H2,1-2H3/t13-,18+,19+/m0/s1. The first-order chi connectivity index (χ1) is 12.0. The molecule has 3 atom stereocenters. The van der Waals surface area contributed by atoms with E-state index >= 15 is 0 Å². The molecule has 3 rings (SSSR count). The van der Waals surface area contributed by atoms with E-state index in [1.165, 1.54) is 14.2 Å². The van der Waals surface area contributed by atoms with Crippen LogP contribution in [0.2, 0.25) is 0 Å². The summed E-state index contributed by atoms with van der Waals surface area (Å²) in [6.07, 6.45) is -0.264. The van der Waals surface area contributed by atoms with E-state index in [0.717, 1.165) is 11.1 Å². The molecule has 0 saturated carbocycles. The molecule has 0 unspecified atom stereocenters. The van der Waals surface area contributed by atoms with E-state index in [1.54, 1.807) is 30.3 Å². The Morgan fingerprint density at radius 1 is 1.00 bits per heavy atom. The summed E-state index contributed by atoms with van der Waals surface area (Å²) in [5, 5.41) is 29.8. The van der Waals surface area contributed by atoms with Crippen LogP contribution in [-0.4, -0.2) is 42.4 Å². The zero-order chi connectivity index (χ0) is 18.0. The second-order valence-corrected chi connectivity index (χ2v) is 6.15. The fourth-order valence-corrected chi connectivity index (χ4v) is 3.34. The SMILES string of the molecule is COc1cc(C[C@H]2CO[C@@H](O)[C@@H]2c2ccc(O)c(OC)c2)ccc1O. The summed E-state index contributed by atoms with van der Waals surface area (Å²) in [6, 6.07) is 10.3. The molecule has 0 aliphatic carbocycles. The molecule has 6 heteroatoms. The van der Waals surface area contributed by atoms with Gasteiger partial charge in [0.1, 0.15) is 0 Å². The van der Waals surface area contributed by atoms with E-state index in [-0.39, 0.29) is 23.3 Å². The molecule has 1 fully saturated rings. The fraction of sp³-hybridized carbons (Fsp3) is 0.368. The molecular formula is C19H22O6. The third-order valence-corrected chi connectivity index (χ3v) is 4.63. The van der Waals surface area contributed by atoms with Gasteiger partial charge < -0.3 is 29.5 Å². The van der Waals surface area contributed by atoms with Crippen molar-refractivity contribution >= 4 is 0 Å². The molecule has 25 heavy (non-hydrogen) atoms. The normalized spacial score (nSPS) is 22.8. The van der Waals surface area contributed by atoms with Crippen LogP contribution in [0.4, 0.5) is 0 Å². The van der Waals surface area contributed by atoms with Crippen molar-refractivity contribution in [2.45, 2.75) is 18.6 Å². The van der Waals surface area contributed by atoms with Crippen molar-refractivity contribution in [2.75, 3.05) is 20.8 Å². The predicted molar refractivity (Wildman–Crippen MR) is 91.2 cm³/mol. The van der Waals surface area contributed by atoms with Crippen molar-refractivity contribution < 1.29 is 29.5 Å². The highest BCUT2D eigenvalue weighted by Gasteiger charge is 2.37. The maximum Gasteiger partial charge on any atom is 0.161 e. The number of ether oxygens (including phenoxy) is 3. The van der Waals surface area contributed by atoms with Gasteiger partial charge in [0, 0.05) is 5.92 Å². The molecule has 0 radical (unpaired) electrons. The van der Waals surface area contributed by atoms with E-state index in [0.29, 0.717) is 24.5 Å². The Labute approximate surface area is 146 Å². The lowest BCUT2D eigenvalue weighted by Gasteiger charge is -2.21. The number of methoxy groups -OCH3 is 2. The predicted octanol–water partition coefficient (Wildman–Crippen LogP) is 2.41. The molecule has 0 spiro atoms. The minimum absolute atomic E-state index is 0.0403. The Hall–Kier alpha value is -2.44. The number of hydrogen-bond acceptors (Lipinski definition) is 6.